The Labute approximate surface area is 117 Å². The lowest BCUT2D eigenvalue weighted by molar-refractivity contribution is 0.616. The van der Waals surface area contributed by atoms with E-state index in [1.165, 1.54) is 23.0 Å². The van der Waals surface area contributed by atoms with E-state index in [1.54, 1.807) is 6.20 Å². The van der Waals surface area contributed by atoms with Crippen LogP contribution < -0.4 is 5.32 Å². The molecule has 0 saturated carbocycles. The first-order chi connectivity index (χ1) is 9.72. The molecular weight excluding hydrogens is 251 g/mol. The third-order valence-corrected chi connectivity index (χ3v) is 3.36. The molecule has 3 heteroatoms. The van der Waals surface area contributed by atoms with Crippen molar-refractivity contribution in [2.75, 3.05) is 5.32 Å². The number of pyridine rings is 1. The first-order valence-electron chi connectivity index (χ1n) is 6.58. The third kappa shape index (κ3) is 2.62. The Morgan fingerprint density at radius 2 is 1.80 bits per heavy atom. The minimum Gasteiger partial charge on any atom is -0.378 e. The van der Waals surface area contributed by atoms with Gasteiger partial charge in [0, 0.05) is 11.9 Å². The zero-order chi connectivity index (χ0) is 13.9. The van der Waals surface area contributed by atoms with E-state index >= 15 is 0 Å². The molecule has 0 fully saturated rings. The van der Waals surface area contributed by atoms with E-state index in [2.05, 4.69) is 34.6 Å². The Balaban J connectivity index is 1.85. The number of nitrogens with one attached hydrogen (secondary N) is 1. The maximum absolute atomic E-state index is 13.2. The summed E-state index contributed by atoms with van der Waals surface area (Å²) in [5.41, 5.74) is 1.85. The van der Waals surface area contributed by atoms with Crippen molar-refractivity contribution in [2.45, 2.75) is 13.0 Å². The number of rotatable bonds is 3. The molecule has 2 nitrogen and oxygen atoms in total. The molecule has 0 aliphatic carbocycles. The minimum absolute atomic E-state index is 0.000591. The average Bonchev–Trinajstić information content (AvgIpc) is 2.47. The smallest absolute Gasteiger partial charge is 0.141 e. The molecule has 100 valence electrons. The fourth-order valence-electron chi connectivity index (χ4n) is 2.28. The first kappa shape index (κ1) is 12.6. The summed E-state index contributed by atoms with van der Waals surface area (Å²) in [4.78, 5) is 3.88. The molecule has 0 aliphatic rings. The van der Waals surface area contributed by atoms with E-state index in [-0.39, 0.29) is 11.9 Å². The molecule has 1 N–H and O–H groups in total. The lowest BCUT2D eigenvalue weighted by Gasteiger charge is -2.16. The van der Waals surface area contributed by atoms with Gasteiger partial charge in [0.2, 0.25) is 0 Å². The highest BCUT2D eigenvalue weighted by Crippen LogP contribution is 2.23. The van der Waals surface area contributed by atoms with Gasteiger partial charge in [0.15, 0.2) is 0 Å². The number of anilines is 1. The van der Waals surface area contributed by atoms with Gasteiger partial charge in [-0.3, -0.25) is 4.98 Å². The van der Waals surface area contributed by atoms with Gasteiger partial charge < -0.3 is 5.32 Å². The Morgan fingerprint density at radius 1 is 1.00 bits per heavy atom. The molecule has 1 aromatic heterocycles. The third-order valence-electron chi connectivity index (χ3n) is 3.36. The van der Waals surface area contributed by atoms with Gasteiger partial charge in [-0.15, -0.1) is 0 Å². The summed E-state index contributed by atoms with van der Waals surface area (Å²) < 4.78 is 13.2. The highest BCUT2D eigenvalue weighted by Gasteiger charge is 2.07. The largest absolute Gasteiger partial charge is 0.378 e. The van der Waals surface area contributed by atoms with E-state index < -0.39 is 0 Å². The molecule has 20 heavy (non-hydrogen) atoms. The SMILES string of the molecule is CC(Nc1ccc2ccccc2c1)c1cncc(F)c1. The standard InChI is InChI=1S/C17H15FN2/c1-12(15-8-16(18)11-19-10-15)20-17-7-6-13-4-2-3-5-14(13)9-17/h2-12,20H,1H3. The van der Waals surface area contributed by atoms with Gasteiger partial charge in [0.1, 0.15) is 5.82 Å². The number of hydrogen-bond donors (Lipinski definition) is 1. The quantitative estimate of drug-likeness (QED) is 0.752. The molecule has 1 heterocycles. The molecule has 0 radical (unpaired) electrons. The van der Waals surface area contributed by atoms with E-state index in [9.17, 15) is 4.39 Å². The van der Waals surface area contributed by atoms with Gasteiger partial charge in [-0.2, -0.15) is 0 Å². The van der Waals surface area contributed by atoms with Crippen LogP contribution in [0.1, 0.15) is 18.5 Å². The van der Waals surface area contributed by atoms with Crippen LogP contribution in [0.25, 0.3) is 10.8 Å². The van der Waals surface area contributed by atoms with Crippen molar-refractivity contribution in [2.24, 2.45) is 0 Å². The summed E-state index contributed by atoms with van der Waals surface area (Å²) in [5.74, 6) is -0.310. The summed E-state index contributed by atoms with van der Waals surface area (Å²) in [6.07, 6.45) is 2.90. The number of nitrogens with zero attached hydrogens (tertiary/aromatic N) is 1. The molecule has 0 saturated heterocycles. The molecule has 1 unspecified atom stereocenters. The van der Waals surface area contributed by atoms with Crippen LogP contribution in [0.5, 0.6) is 0 Å². The van der Waals surface area contributed by atoms with Crippen LogP contribution in [-0.2, 0) is 0 Å². The van der Waals surface area contributed by atoms with Gasteiger partial charge in [0.25, 0.3) is 0 Å². The molecule has 0 bridgehead atoms. The molecule has 1 atom stereocenters. The molecular formula is C17H15FN2. The summed E-state index contributed by atoms with van der Waals surface area (Å²) in [6.45, 7) is 1.99. The van der Waals surface area contributed by atoms with Crippen LogP contribution in [0.4, 0.5) is 10.1 Å². The summed E-state index contributed by atoms with van der Waals surface area (Å²) in [5, 5.41) is 5.76. The zero-order valence-corrected chi connectivity index (χ0v) is 11.2. The molecule has 0 aliphatic heterocycles. The van der Waals surface area contributed by atoms with Crippen LogP contribution >= 0.6 is 0 Å². The fourth-order valence-corrected chi connectivity index (χ4v) is 2.28. The lowest BCUT2D eigenvalue weighted by Crippen LogP contribution is -2.07. The second-order valence-corrected chi connectivity index (χ2v) is 4.86. The van der Waals surface area contributed by atoms with Crippen molar-refractivity contribution < 1.29 is 4.39 Å². The van der Waals surface area contributed by atoms with Crippen molar-refractivity contribution in [3.63, 3.8) is 0 Å². The molecule has 3 aromatic rings. The topological polar surface area (TPSA) is 24.9 Å². The van der Waals surface area contributed by atoms with Crippen LogP contribution in [0.3, 0.4) is 0 Å². The normalized spacial score (nSPS) is 12.3. The number of halogens is 1. The summed E-state index contributed by atoms with van der Waals surface area (Å²) in [6, 6.07) is 15.9. The molecule has 0 amide bonds. The predicted molar refractivity (Wildman–Crippen MR) is 80.2 cm³/mol. The minimum atomic E-state index is -0.310. The van der Waals surface area contributed by atoms with Gasteiger partial charge in [0.05, 0.1) is 12.2 Å². The van der Waals surface area contributed by atoms with E-state index in [1.807, 2.05) is 25.1 Å². The van der Waals surface area contributed by atoms with E-state index in [4.69, 9.17) is 0 Å². The molecule has 0 spiro atoms. The maximum atomic E-state index is 13.2. The van der Waals surface area contributed by atoms with Crippen molar-refractivity contribution >= 4 is 16.5 Å². The van der Waals surface area contributed by atoms with Crippen LogP contribution in [0.15, 0.2) is 60.9 Å². The van der Waals surface area contributed by atoms with Gasteiger partial charge in [-0.05, 0) is 41.5 Å². The Kier molecular flexibility index (Phi) is 3.33. The van der Waals surface area contributed by atoms with Gasteiger partial charge in [-0.25, -0.2) is 4.39 Å². The van der Waals surface area contributed by atoms with Crippen molar-refractivity contribution in [3.8, 4) is 0 Å². The highest BCUT2D eigenvalue weighted by molar-refractivity contribution is 5.85. The van der Waals surface area contributed by atoms with Crippen LogP contribution in [0.2, 0.25) is 0 Å². The van der Waals surface area contributed by atoms with Crippen molar-refractivity contribution in [1.82, 2.24) is 4.98 Å². The zero-order valence-electron chi connectivity index (χ0n) is 11.2. The number of hydrogen-bond acceptors (Lipinski definition) is 2. The maximum Gasteiger partial charge on any atom is 0.141 e. The number of fused-ring (bicyclic) bond motifs is 1. The Morgan fingerprint density at radius 3 is 2.60 bits per heavy atom. The fraction of sp³-hybridized carbons (Fsp3) is 0.118. The lowest BCUT2D eigenvalue weighted by atomic mass is 10.1. The highest BCUT2D eigenvalue weighted by atomic mass is 19.1. The van der Waals surface area contributed by atoms with E-state index in [0.29, 0.717) is 0 Å². The van der Waals surface area contributed by atoms with Gasteiger partial charge >= 0.3 is 0 Å². The second-order valence-electron chi connectivity index (χ2n) is 4.86. The predicted octanol–water partition coefficient (Wildman–Crippen LogP) is 4.55. The second kappa shape index (κ2) is 5.29. The van der Waals surface area contributed by atoms with Crippen molar-refractivity contribution in [3.05, 3.63) is 72.3 Å². The molecule has 3 rings (SSSR count). The summed E-state index contributed by atoms with van der Waals surface area (Å²) >= 11 is 0. The monoisotopic (exact) mass is 266 g/mol. The summed E-state index contributed by atoms with van der Waals surface area (Å²) in [7, 11) is 0. The Bertz CT molecular complexity index is 740. The van der Waals surface area contributed by atoms with E-state index in [0.717, 1.165) is 11.3 Å². The first-order valence-corrected chi connectivity index (χ1v) is 6.58. The number of benzene rings is 2. The average molecular weight is 266 g/mol. The van der Waals surface area contributed by atoms with Crippen LogP contribution in [0, 0.1) is 5.82 Å². The van der Waals surface area contributed by atoms with Crippen LogP contribution in [-0.4, -0.2) is 4.98 Å². The Hall–Kier alpha value is -2.42. The molecule has 2 aromatic carbocycles. The number of aromatic nitrogens is 1. The van der Waals surface area contributed by atoms with Crippen molar-refractivity contribution in [1.29, 1.82) is 0 Å². The van der Waals surface area contributed by atoms with Gasteiger partial charge in [-0.1, -0.05) is 30.3 Å².